The fraction of sp³-hybridized carbons (Fsp3) is 0.524. The number of likely N-dealkylation sites (tertiary alicyclic amines) is 1. The normalized spacial score (nSPS) is 16.2. The molecule has 1 aromatic heterocycles. The third kappa shape index (κ3) is 6.91. The minimum Gasteiger partial charge on any atom is -0.357 e. The van der Waals surface area contributed by atoms with Gasteiger partial charge in [-0.05, 0) is 49.9 Å². The summed E-state index contributed by atoms with van der Waals surface area (Å²) in [6.45, 7) is 9.47. The maximum atomic E-state index is 6.14. The lowest BCUT2D eigenvalue weighted by Gasteiger charge is -2.33. The molecule has 1 aliphatic heterocycles. The van der Waals surface area contributed by atoms with Crippen LogP contribution >= 0.6 is 23.2 Å². The minimum atomic E-state index is 0.435. The number of piperidine rings is 1. The van der Waals surface area contributed by atoms with Gasteiger partial charge in [0.2, 0.25) is 0 Å². The molecule has 0 aliphatic carbocycles. The average molecular weight is 437 g/mol. The quantitative estimate of drug-likeness (QED) is 0.512. The molecule has 0 bridgehead atoms. The van der Waals surface area contributed by atoms with Crippen LogP contribution in [-0.2, 0) is 13.1 Å². The number of aryl methyl sites for hydroxylation is 1. The summed E-state index contributed by atoms with van der Waals surface area (Å²) in [6.07, 6.45) is 6.09. The Morgan fingerprint density at radius 2 is 2.03 bits per heavy atom. The van der Waals surface area contributed by atoms with Gasteiger partial charge >= 0.3 is 0 Å². The van der Waals surface area contributed by atoms with Crippen LogP contribution in [0.1, 0.15) is 30.9 Å². The third-order valence-corrected chi connectivity index (χ3v) is 5.76. The van der Waals surface area contributed by atoms with Crippen molar-refractivity contribution in [2.75, 3.05) is 26.2 Å². The second kappa shape index (κ2) is 10.9. The van der Waals surface area contributed by atoms with Crippen LogP contribution in [-0.4, -0.2) is 52.9 Å². The van der Waals surface area contributed by atoms with Crippen LogP contribution in [0.25, 0.3) is 0 Å². The summed E-state index contributed by atoms with van der Waals surface area (Å²) < 4.78 is 1.93. The molecular formula is C21H30Cl2N6. The molecule has 6 nitrogen and oxygen atoms in total. The van der Waals surface area contributed by atoms with Gasteiger partial charge in [0, 0.05) is 38.4 Å². The van der Waals surface area contributed by atoms with Gasteiger partial charge in [-0.15, -0.1) is 0 Å². The SMILES string of the molecule is CCNC(=NCCn1cc(C)cn1)NC1CCN(Cc2ccc(Cl)c(Cl)c2)CC1. The van der Waals surface area contributed by atoms with Crippen molar-refractivity contribution in [3.63, 3.8) is 0 Å². The number of hydrogen-bond donors (Lipinski definition) is 2. The van der Waals surface area contributed by atoms with Gasteiger partial charge in [0.15, 0.2) is 5.96 Å². The van der Waals surface area contributed by atoms with Gasteiger partial charge in [0.05, 0.1) is 29.3 Å². The van der Waals surface area contributed by atoms with Crippen LogP contribution < -0.4 is 10.6 Å². The Kier molecular flexibility index (Phi) is 8.21. The second-order valence-electron chi connectivity index (χ2n) is 7.48. The number of guanidine groups is 1. The molecule has 2 aromatic rings. The number of aromatic nitrogens is 2. The van der Waals surface area contributed by atoms with Crippen LogP contribution in [0, 0.1) is 6.92 Å². The molecule has 0 radical (unpaired) electrons. The number of aliphatic imine (C=N–C) groups is 1. The first-order chi connectivity index (χ1) is 14.0. The molecule has 3 rings (SSSR count). The van der Waals surface area contributed by atoms with Crippen LogP contribution in [0.3, 0.4) is 0 Å². The summed E-state index contributed by atoms with van der Waals surface area (Å²) in [4.78, 5) is 7.17. The topological polar surface area (TPSA) is 57.5 Å². The van der Waals surface area contributed by atoms with E-state index in [1.54, 1.807) is 0 Å². The lowest BCUT2D eigenvalue weighted by molar-refractivity contribution is 0.198. The first-order valence-corrected chi connectivity index (χ1v) is 11.0. The molecule has 0 atom stereocenters. The van der Waals surface area contributed by atoms with E-state index in [0.29, 0.717) is 22.6 Å². The summed E-state index contributed by atoms with van der Waals surface area (Å²) >= 11 is 12.2. The Bertz CT molecular complexity index is 811. The molecule has 1 saturated heterocycles. The Hall–Kier alpha value is -1.76. The second-order valence-corrected chi connectivity index (χ2v) is 8.30. The number of nitrogens with zero attached hydrogens (tertiary/aromatic N) is 4. The first-order valence-electron chi connectivity index (χ1n) is 10.2. The van der Waals surface area contributed by atoms with Crippen LogP contribution in [0.2, 0.25) is 10.0 Å². The van der Waals surface area contributed by atoms with Crippen molar-refractivity contribution in [3.05, 3.63) is 51.8 Å². The van der Waals surface area contributed by atoms with E-state index in [0.717, 1.165) is 51.5 Å². The zero-order chi connectivity index (χ0) is 20.6. The predicted molar refractivity (Wildman–Crippen MR) is 121 cm³/mol. The lowest BCUT2D eigenvalue weighted by Crippen LogP contribution is -2.48. The van der Waals surface area contributed by atoms with Gasteiger partial charge in [-0.2, -0.15) is 5.10 Å². The van der Waals surface area contributed by atoms with Gasteiger partial charge in [0.25, 0.3) is 0 Å². The Morgan fingerprint density at radius 3 is 2.69 bits per heavy atom. The average Bonchev–Trinajstić information content (AvgIpc) is 3.11. The first kappa shape index (κ1) is 21.9. The Labute approximate surface area is 183 Å². The number of hydrogen-bond acceptors (Lipinski definition) is 3. The fourth-order valence-corrected chi connectivity index (χ4v) is 3.82. The van der Waals surface area contributed by atoms with Crippen molar-refractivity contribution in [1.29, 1.82) is 0 Å². The molecule has 1 aliphatic rings. The van der Waals surface area contributed by atoms with Gasteiger partial charge < -0.3 is 10.6 Å². The van der Waals surface area contributed by atoms with Crippen LogP contribution in [0.15, 0.2) is 35.6 Å². The van der Waals surface area contributed by atoms with E-state index in [1.807, 2.05) is 36.1 Å². The zero-order valence-electron chi connectivity index (χ0n) is 17.2. The van der Waals surface area contributed by atoms with E-state index in [-0.39, 0.29) is 0 Å². The molecule has 0 amide bonds. The summed E-state index contributed by atoms with van der Waals surface area (Å²) in [5.74, 6) is 0.888. The van der Waals surface area contributed by atoms with Crippen molar-refractivity contribution in [2.45, 2.75) is 45.8 Å². The van der Waals surface area contributed by atoms with Gasteiger partial charge in [-0.3, -0.25) is 14.6 Å². The van der Waals surface area contributed by atoms with Crippen molar-refractivity contribution >= 4 is 29.2 Å². The molecule has 0 saturated carbocycles. The number of nitrogens with one attached hydrogen (secondary N) is 2. The smallest absolute Gasteiger partial charge is 0.191 e. The molecule has 0 unspecified atom stereocenters. The van der Waals surface area contributed by atoms with Crippen molar-refractivity contribution in [2.24, 2.45) is 4.99 Å². The van der Waals surface area contributed by atoms with Crippen molar-refractivity contribution in [1.82, 2.24) is 25.3 Å². The standard InChI is InChI=1S/C21H30Cl2N6/c1-3-24-21(25-8-11-29-14-16(2)13-26-29)27-18-6-9-28(10-7-18)15-17-4-5-19(22)20(23)12-17/h4-5,12-14,18H,3,6-11,15H2,1-2H3,(H2,24,25,27). The van der Waals surface area contributed by atoms with E-state index in [1.165, 1.54) is 11.1 Å². The molecule has 1 fully saturated rings. The summed E-state index contributed by atoms with van der Waals surface area (Å²) in [5, 5.41) is 12.5. The van der Waals surface area contributed by atoms with Gasteiger partial charge in [0.1, 0.15) is 0 Å². The monoisotopic (exact) mass is 436 g/mol. The molecule has 1 aromatic carbocycles. The Balaban J connectivity index is 1.45. The Morgan fingerprint density at radius 1 is 1.24 bits per heavy atom. The van der Waals surface area contributed by atoms with Crippen molar-refractivity contribution in [3.8, 4) is 0 Å². The van der Waals surface area contributed by atoms with Gasteiger partial charge in [-0.1, -0.05) is 29.3 Å². The third-order valence-electron chi connectivity index (χ3n) is 5.02. The molecule has 2 heterocycles. The van der Waals surface area contributed by atoms with Crippen LogP contribution in [0.4, 0.5) is 0 Å². The number of rotatable bonds is 7. The molecule has 8 heteroatoms. The van der Waals surface area contributed by atoms with Gasteiger partial charge in [-0.25, -0.2) is 0 Å². The van der Waals surface area contributed by atoms with E-state index in [4.69, 9.17) is 28.2 Å². The highest BCUT2D eigenvalue weighted by atomic mass is 35.5. The molecule has 158 valence electrons. The summed E-state index contributed by atoms with van der Waals surface area (Å²) in [7, 11) is 0. The molecule has 2 N–H and O–H groups in total. The maximum absolute atomic E-state index is 6.14. The van der Waals surface area contributed by atoms with E-state index in [9.17, 15) is 0 Å². The zero-order valence-corrected chi connectivity index (χ0v) is 18.7. The number of halogens is 2. The molecule has 0 spiro atoms. The molecule has 29 heavy (non-hydrogen) atoms. The largest absolute Gasteiger partial charge is 0.357 e. The lowest BCUT2D eigenvalue weighted by atomic mass is 10.0. The minimum absolute atomic E-state index is 0.435. The summed E-state index contributed by atoms with van der Waals surface area (Å²) in [5.41, 5.74) is 2.38. The highest BCUT2D eigenvalue weighted by Crippen LogP contribution is 2.24. The van der Waals surface area contributed by atoms with Crippen molar-refractivity contribution < 1.29 is 0 Å². The maximum Gasteiger partial charge on any atom is 0.191 e. The summed E-state index contributed by atoms with van der Waals surface area (Å²) in [6, 6.07) is 6.32. The fourth-order valence-electron chi connectivity index (χ4n) is 3.50. The number of benzene rings is 1. The van der Waals surface area contributed by atoms with E-state index < -0.39 is 0 Å². The van der Waals surface area contributed by atoms with E-state index in [2.05, 4.69) is 33.6 Å². The highest BCUT2D eigenvalue weighted by Gasteiger charge is 2.20. The van der Waals surface area contributed by atoms with Crippen LogP contribution in [0.5, 0.6) is 0 Å². The highest BCUT2D eigenvalue weighted by molar-refractivity contribution is 6.42. The predicted octanol–water partition coefficient (Wildman–Crippen LogP) is 3.72. The molecular weight excluding hydrogens is 407 g/mol. The van der Waals surface area contributed by atoms with E-state index >= 15 is 0 Å².